The van der Waals surface area contributed by atoms with Gasteiger partial charge in [-0.1, -0.05) is 0 Å². The number of nitrogens with zero attached hydrogens (tertiary/aromatic N) is 2. The summed E-state index contributed by atoms with van der Waals surface area (Å²) < 4.78 is 5.50. The number of amides is 1. The second kappa shape index (κ2) is 6.02. The Balaban J connectivity index is 2.06. The van der Waals surface area contributed by atoms with Gasteiger partial charge in [0.1, 0.15) is 5.82 Å². The van der Waals surface area contributed by atoms with E-state index in [1.807, 2.05) is 33.0 Å². The molecule has 1 aliphatic rings. The fourth-order valence-electron chi connectivity index (χ4n) is 2.39. The Labute approximate surface area is 114 Å². The summed E-state index contributed by atoms with van der Waals surface area (Å²) in [7, 11) is 1.83. The third kappa shape index (κ3) is 3.04. The molecular formula is C14H21N3O2. The van der Waals surface area contributed by atoms with Gasteiger partial charge in [-0.25, -0.2) is 4.98 Å². The molecule has 1 aromatic heterocycles. The zero-order chi connectivity index (χ0) is 13.8. The summed E-state index contributed by atoms with van der Waals surface area (Å²) in [6.45, 7) is 5.56. The number of carbonyl (C=O) groups excluding carboxylic acids is 1. The first-order chi connectivity index (χ1) is 9.13. The maximum Gasteiger partial charge on any atom is 0.255 e. The van der Waals surface area contributed by atoms with Crippen molar-refractivity contribution in [3.8, 4) is 0 Å². The number of carbonyl (C=O) groups is 1. The molecule has 19 heavy (non-hydrogen) atoms. The van der Waals surface area contributed by atoms with Crippen molar-refractivity contribution in [3.05, 3.63) is 23.9 Å². The van der Waals surface area contributed by atoms with Gasteiger partial charge >= 0.3 is 0 Å². The van der Waals surface area contributed by atoms with E-state index in [0.717, 1.165) is 25.4 Å². The molecule has 2 atom stereocenters. The molecule has 104 valence electrons. The number of rotatable bonds is 4. The molecule has 1 aromatic rings. The lowest BCUT2D eigenvalue weighted by Crippen LogP contribution is -2.41. The third-order valence-electron chi connectivity index (χ3n) is 3.52. The first-order valence-electron chi connectivity index (χ1n) is 6.72. The number of pyridine rings is 1. The first-order valence-corrected chi connectivity index (χ1v) is 6.72. The molecule has 1 amide bonds. The zero-order valence-corrected chi connectivity index (χ0v) is 11.7. The van der Waals surface area contributed by atoms with Crippen LogP contribution in [0.25, 0.3) is 0 Å². The Morgan fingerprint density at radius 2 is 2.37 bits per heavy atom. The minimum atomic E-state index is -0.00195. The van der Waals surface area contributed by atoms with E-state index in [4.69, 9.17) is 4.74 Å². The van der Waals surface area contributed by atoms with Crippen LogP contribution in [0.3, 0.4) is 0 Å². The standard InChI is InChI=1S/C14H21N3O2/c1-4-15-13-6-5-11(9-16-13)14(18)17(3)12-7-8-19-10(12)2/h5-6,9-10,12H,4,7-8H2,1-3H3,(H,15,16). The highest BCUT2D eigenvalue weighted by Crippen LogP contribution is 2.20. The van der Waals surface area contributed by atoms with Crippen molar-refractivity contribution in [2.45, 2.75) is 32.4 Å². The highest BCUT2D eigenvalue weighted by atomic mass is 16.5. The molecule has 2 rings (SSSR count). The van der Waals surface area contributed by atoms with Crippen LogP contribution in [0.4, 0.5) is 5.82 Å². The molecular weight excluding hydrogens is 242 g/mol. The van der Waals surface area contributed by atoms with Crippen molar-refractivity contribution in [3.63, 3.8) is 0 Å². The van der Waals surface area contributed by atoms with Crippen LogP contribution in [0.1, 0.15) is 30.6 Å². The lowest BCUT2D eigenvalue weighted by Gasteiger charge is -2.26. The van der Waals surface area contributed by atoms with Crippen molar-refractivity contribution in [1.82, 2.24) is 9.88 Å². The number of anilines is 1. The molecule has 0 saturated carbocycles. The van der Waals surface area contributed by atoms with Crippen LogP contribution < -0.4 is 5.32 Å². The predicted octanol–water partition coefficient (Wildman–Crippen LogP) is 1.76. The third-order valence-corrected chi connectivity index (χ3v) is 3.52. The van der Waals surface area contributed by atoms with Gasteiger partial charge in [0.25, 0.3) is 5.91 Å². The molecule has 1 fully saturated rings. The largest absolute Gasteiger partial charge is 0.376 e. The molecule has 0 radical (unpaired) electrons. The second-order valence-corrected chi connectivity index (χ2v) is 4.81. The van der Waals surface area contributed by atoms with Gasteiger partial charge in [-0.2, -0.15) is 0 Å². The smallest absolute Gasteiger partial charge is 0.255 e. The van der Waals surface area contributed by atoms with Crippen LogP contribution in [-0.4, -0.2) is 48.1 Å². The van der Waals surface area contributed by atoms with Crippen LogP contribution in [0.2, 0.25) is 0 Å². The van der Waals surface area contributed by atoms with Gasteiger partial charge in [0.05, 0.1) is 17.7 Å². The van der Waals surface area contributed by atoms with Crippen molar-refractivity contribution in [1.29, 1.82) is 0 Å². The summed E-state index contributed by atoms with van der Waals surface area (Å²) in [5.74, 6) is 0.789. The Morgan fingerprint density at radius 3 is 2.89 bits per heavy atom. The Kier molecular flexibility index (Phi) is 4.37. The van der Waals surface area contributed by atoms with E-state index < -0.39 is 0 Å². The van der Waals surface area contributed by atoms with Gasteiger partial charge in [0, 0.05) is 26.4 Å². The highest BCUT2D eigenvalue weighted by Gasteiger charge is 2.31. The van der Waals surface area contributed by atoms with Crippen LogP contribution >= 0.6 is 0 Å². The van der Waals surface area contributed by atoms with E-state index >= 15 is 0 Å². The van der Waals surface area contributed by atoms with Crippen molar-refractivity contribution in [2.24, 2.45) is 0 Å². The summed E-state index contributed by atoms with van der Waals surface area (Å²) >= 11 is 0. The van der Waals surface area contributed by atoms with E-state index in [2.05, 4.69) is 10.3 Å². The van der Waals surface area contributed by atoms with E-state index in [1.54, 1.807) is 11.1 Å². The zero-order valence-electron chi connectivity index (χ0n) is 11.7. The number of ether oxygens (including phenoxy) is 1. The summed E-state index contributed by atoms with van der Waals surface area (Å²) in [5.41, 5.74) is 0.614. The summed E-state index contributed by atoms with van der Waals surface area (Å²) in [5, 5.41) is 3.11. The van der Waals surface area contributed by atoms with Crippen molar-refractivity contribution >= 4 is 11.7 Å². The summed E-state index contributed by atoms with van der Waals surface area (Å²) in [6, 6.07) is 3.80. The number of aromatic nitrogens is 1. The first kappa shape index (κ1) is 13.8. The number of likely N-dealkylation sites (N-methyl/N-ethyl adjacent to an activating group) is 1. The maximum atomic E-state index is 12.4. The van der Waals surface area contributed by atoms with E-state index in [1.165, 1.54) is 0 Å². The van der Waals surface area contributed by atoms with E-state index in [0.29, 0.717) is 5.56 Å². The molecule has 1 N–H and O–H groups in total. The van der Waals surface area contributed by atoms with Gasteiger partial charge in [0.15, 0.2) is 0 Å². The van der Waals surface area contributed by atoms with Gasteiger partial charge in [-0.3, -0.25) is 4.79 Å². The minimum absolute atomic E-state index is 0.00195. The SMILES string of the molecule is CCNc1ccc(C(=O)N(C)C2CCOC2C)cn1. The lowest BCUT2D eigenvalue weighted by atomic mass is 10.1. The van der Waals surface area contributed by atoms with Crippen LogP contribution in [0.15, 0.2) is 18.3 Å². The fourth-order valence-corrected chi connectivity index (χ4v) is 2.39. The summed E-state index contributed by atoms with van der Waals surface area (Å²) in [4.78, 5) is 18.3. The molecule has 0 spiro atoms. The summed E-state index contributed by atoms with van der Waals surface area (Å²) in [6.07, 6.45) is 2.62. The molecule has 1 saturated heterocycles. The predicted molar refractivity (Wildman–Crippen MR) is 74.3 cm³/mol. The molecule has 5 heteroatoms. The molecule has 2 unspecified atom stereocenters. The average molecular weight is 263 g/mol. The van der Waals surface area contributed by atoms with Gasteiger partial charge in [-0.15, -0.1) is 0 Å². The number of nitrogens with one attached hydrogen (secondary N) is 1. The number of hydrogen-bond donors (Lipinski definition) is 1. The van der Waals surface area contributed by atoms with Crippen LogP contribution in [0.5, 0.6) is 0 Å². The van der Waals surface area contributed by atoms with Gasteiger partial charge in [-0.05, 0) is 32.4 Å². The van der Waals surface area contributed by atoms with Crippen molar-refractivity contribution < 1.29 is 9.53 Å². The minimum Gasteiger partial charge on any atom is -0.376 e. The normalized spacial score (nSPS) is 22.3. The van der Waals surface area contributed by atoms with Crippen LogP contribution in [0, 0.1) is 0 Å². The second-order valence-electron chi connectivity index (χ2n) is 4.81. The molecule has 0 aliphatic carbocycles. The van der Waals surface area contributed by atoms with E-state index in [-0.39, 0.29) is 18.1 Å². The number of hydrogen-bond acceptors (Lipinski definition) is 4. The lowest BCUT2D eigenvalue weighted by molar-refractivity contribution is 0.0574. The molecule has 1 aliphatic heterocycles. The monoisotopic (exact) mass is 263 g/mol. The van der Waals surface area contributed by atoms with Gasteiger partial charge < -0.3 is 15.0 Å². The molecule has 0 bridgehead atoms. The van der Waals surface area contributed by atoms with Crippen LogP contribution in [-0.2, 0) is 4.74 Å². The topological polar surface area (TPSA) is 54.5 Å². The highest BCUT2D eigenvalue weighted by molar-refractivity contribution is 5.94. The molecule has 0 aromatic carbocycles. The Morgan fingerprint density at radius 1 is 1.58 bits per heavy atom. The average Bonchev–Trinajstić information content (AvgIpc) is 2.84. The Bertz CT molecular complexity index is 433. The quantitative estimate of drug-likeness (QED) is 0.899. The maximum absolute atomic E-state index is 12.4. The van der Waals surface area contributed by atoms with Gasteiger partial charge in [0.2, 0.25) is 0 Å². The Hall–Kier alpha value is -1.62. The van der Waals surface area contributed by atoms with E-state index in [9.17, 15) is 4.79 Å². The van der Waals surface area contributed by atoms with Crippen molar-refractivity contribution in [2.75, 3.05) is 25.5 Å². The molecule has 5 nitrogen and oxygen atoms in total. The molecule has 2 heterocycles. The fraction of sp³-hybridized carbons (Fsp3) is 0.571.